The maximum Gasteiger partial charge on any atom is 0.272 e. The summed E-state index contributed by atoms with van der Waals surface area (Å²) in [6.07, 6.45) is 2.45. The van der Waals surface area contributed by atoms with Gasteiger partial charge < -0.3 is 9.80 Å². The van der Waals surface area contributed by atoms with E-state index in [1.807, 2.05) is 22.8 Å². The molecule has 1 fully saturated rings. The Hall–Kier alpha value is -2.60. The van der Waals surface area contributed by atoms with Crippen LogP contribution in [0, 0.1) is 5.82 Å². The number of nitrogens with zero attached hydrogens (tertiary/aromatic N) is 4. The van der Waals surface area contributed by atoms with Crippen molar-refractivity contribution < 1.29 is 9.18 Å². The number of para-hydroxylation sites is 1. The highest BCUT2D eigenvalue weighted by Crippen LogP contribution is 2.23. The second kappa shape index (κ2) is 7.19. The molecular formula is C20H20ClFN4O. The molecule has 1 saturated heterocycles. The second-order valence-electron chi connectivity index (χ2n) is 6.56. The van der Waals surface area contributed by atoms with Crippen molar-refractivity contribution in [2.24, 2.45) is 0 Å². The van der Waals surface area contributed by atoms with E-state index in [0.717, 1.165) is 5.69 Å². The summed E-state index contributed by atoms with van der Waals surface area (Å²) in [6, 6.07) is 10.3. The number of imidazole rings is 1. The molecule has 0 unspecified atom stereocenters. The van der Waals surface area contributed by atoms with Crippen LogP contribution in [0.3, 0.4) is 0 Å². The number of pyridine rings is 1. The number of amides is 1. The molecule has 7 heteroatoms. The van der Waals surface area contributed by atoms with Crippen LogP contribution in [-0.4, -0.2) is 46.4 Å². The molecule has 2 aromatic heterocycles. The number of hydrogen-bond donors (Lipinski definition) is 0. The van der Waals surface area contributed by atoms with Crippen LogP contribution in [0.5, 0.6) is 0 Å². The molecule has 0 radical (unpaired) electrons. The molecule has 4 rings (SSSR count). The fourth-order valence-electron chi connectivity index (χ4n) is 3.55. The molecule has 27 heavy (non-hydrogen) atoms. The molecule has 0 aliphatic carbocycles. The van der Waals surface area contributed by atoms with E-state index in [9.17, 15) is 9.18 Å². The fourth-order valence-corrected chi connectivity index (χ4v) is 3.70. The first-order valence-corrected chi connectivity index (χ1v) is 9.41. The van der Waals surface area contributed by atoms with E-state index >= 15 is 0 Å². The molecule has 3 aromatic rings. The maximum absolute atomic E-state index is 14.0. The average Bonchev–Trinajstić information content (AvgIpc) is 3.05. The monoisotopic (exact) mass is 386 g/mol. The van der Waals surface area contributed by atoms with Crippen LogP contribution < -0.4 is 4.90 Å². The SMILES string of the molecule is CCc1nc2cc(Cl)ccn2c1C(=O)N1CCN(c2ccccc2F)CC1. The number of anilines is 1. The normalized spacial score (nSPS) is 14.8. The Bertz CT molecular complexity index is 995. The van der Waals surface area contributed by atoms with Gasteiger partial charge in [0.15, 0.2) is 0 Å². The number of hydrogen-bond acceptors (Lipinski definition) is 3. The van der Waals surface area contributed by atoms with Crippen LogP contribution in [0.4, 0.5) is 10.1 Å². The fraction of sp³-hybridized carbons (Fsp3) is 0.300. The summed E-state index contributed by atoms with van der Waals surface area (Å²) < 4.78 is 15.8. The number of carbonyl (C=O) groups is 1. The summed E-state index contributed by atoms with van der Waals surface area (Å²) >= 11 is 6.05. The van der Waals surface area contributed by atoms with Crippen molar-refractivity contribution in [3.63, 3.8) is 0 Å². The minimum Gasteiger partial charge on any atom is -0.366 e. The lowest BCUT2D eigenvalue weighted by molar-refractivity contribution is 0.0738. The van der Waals surface area contributed by atoms with Crippen LogP contribution in [0.2, 0.25) is 5.02 Å². The van der Waals surface area contributed by atoms with Gasteiger partial charge in [-0.2, -0.15) is 0 Å². The minimum atomic E-state index is -0.232. The number of fused-ring (bicyclic) bond motifs is 1. The highest BCUT2D eigenvalue weighted by molar-refractivity contribution is 6.30. The zero-order valence-electron chi connectivity index (χ0n) is 15.0. The molecule has 0 bridgehead atoms. The first-order valence-electron chi connectivity index (χ1n) is 9.03. The molecule has 1 aliphatic rings. The number of piperazine rings is 1. The average molecular weight is 387 g/mol. The van der Waals surface area contributed by atoms with Crippen LogP contribution in [-0.2, 0) is 6.42 Å². The van der Waals surface area contributed by atoms with E-state index in [2.05, 4.69) is 4.98 Å². The van der Waals surface area contributed by atoms with Gasteiger partial charge in [0.2, 0.25) is 0 Å². The molecule has 0 spiro atoms. The lowest BCUT2D eigenvalue weighted by Crippen LogP contribution is -2.49. The van der Waals surface area contributed by atoms with Crippen molar-refractivity contribution in [2.75, 3.05) is 31.1 Å². The van der Waals surface area contributed by atoms with Crippen LogP contribution in [0.25, 0.3) is 5.65 Å². The molecule has 0 saturated carbocycles. The molecule has 1 aromatic carbocycles. The standard InChI is InChI=1S/C20H20ClFN4O/c1-2-16-19(26-8-7-14(21)13-18(26)23-16)20(27)25-11-9-24(10-12-25)17-6-4-3-5-15(17)22/h3-8,13H,2,9-12H2,1H3. The third-order valence-corrected chi connectivity index (χ3v) is 5.19. The second-order valence-corrected chi connectivity index (χ2v) is 7.00. The van der Waals surface area contributed by atoms with Crippen LogP contribution in [0.1, 0.15) is 23.1 Å². The number of carbonyl (C=O) groups excluding carboxylic acids is 1. The van der Waals surface area contributed by atoms with Crippen molar-refractivity contribution in [2.45, 2.75) is 13.3 Å². The number of halogens is 2. The molecule has 3 heterocycles. The van der Waals surface area contributed by atoms with Crippen molar-refractivity contribution >= 4 is 28.8 Å². The van der Waals surface area contributed by atoms with Gasteiger partial charge in [0.25, 0.3) is 5.91 Å². The van der Waals surface area contributed by atoms with E-state index in [0.29, 0.717) is 54.7 Å². The molecule has 0 N–H and O–H groups in total. The van der Waals surface area contributed by atoms with Crippen LogP contribution >= 0.6 is 11.6 Å². The first-order chi connectivity index (χ1) is 13.1. The lowest BCUT2D eigenvalue weighted by Gasteiger charge is -2.36. The lowest BCUT2D eigenvalue weighted by atomic mass is 10.2. The number of aryl methyl sites for hydroxylation is 1. The highest BCUT2D eigenvalue weighted by Gasteiger charge is 2.27. The largest absolute Gasteiger partial charge is 0.366 e. The third-order valence-electron chi connectivity index (χ3n) is 4.96. The Kier molecular flexibility index (Phi) is 4.74. The van der Waals surface area contributed by atoms with E-state index in [1.54, 1.807) is 34.9 Å². The van der Waals surface area contributed by atoms with Gasteiger partial charge in [0, 0.05) is 43.5 Å². The molecule has 5 nitrogen and oxygen atoms in total. The first kappa shape index (κ1) is 17.8. The summed E-state index contributed by atoms with van der Waals surface area (Å²) in [4.78, 5) is 21.5. The predicted octanol–water partition coefficient (Wildman–Crippen LogP) is 3.65. The van der Waals surface area contributed by atoms with Crippen molar-refractivity contribution in [1.29, 1.82) is 0 Å². The van der Waals surface area contributed by atoms with Gasteiger partial charge >= 0.3 is 0 Å². The van der Waals surface area contributed by atoms with Crippen molar-refractivity contribution in [1.82, 2.24) is 14.3 Å². The molecule has 140 valence electrons. The van der Waals surface area contributed by atoms with Gasteiger partial charge in [-0.15, -0.1) is 0 Å². The van der Waals surface area contributed by atoms with Gasteiger partial charge in [0.1, 0.15) is 17.2 Å². The van der Waals surface area contributed by atoms with Gasteiger partial charge in [-0.05, 0) is 24.6 Å². The number of aromatic nitrogens is 2. The van der Waals surface area contributed by atoms with E-state index in [-0.39, 0.29) is 11.7 Å². The Morgan fingerprint density at radius 3 is 2.63 bits per heavy atom. The maximum atomic E-state index is 14.0. The zero-order valence-corrected chi connectivity index (χ0v) is 15.8. The zero-order chi connectivity index (χ0) is 19.0. The third kappa shape index (κ3) is 3.25. The summed E-state index contributed by atoms with van der Waals surface area (Å²) in [5, 5.41) is 0.590. The summed E-state index contributed by atoms with van der Waals surface area (Å²) in [6.45, 7) is 4.25. The van der Waals surface area contributed by atoms with Gasteiger partial charge in [-0.25, -0.2) is 9.37 Å². The molecule has 0 atom stereocenters. The number of benzene rings is 1. The summed E-state index contributed by atoms with van der Waals surface area (Å²) in [5.41, 5.74) is 2.61. The quantitative estimate of drug-likeness (QED) is 0.690. The molecule has 1 amide bonds. The molecular weight excluding hydrogens is 367 g/mol. The van der Waals surface area contributed by atoms with E-state index in [4.69, 9.17) is 11.6 Å². The Morgan fingerprint density at radius 2 is 1.93 bits per heavy atom. The summed E-state index contributed by atoms with van der Waals surface area (Å²) in [7, 11) is 0. The minimum absolute atomic E-state index is 0.0464. The van der Waals surface area contributed by atoms with E-state index in [1.165, 1.54) is 6.07 Å². The van der Waals surface area contributed by atoms with Crippen molar-refractivity contribution in [3.8, 4) is 0 Å². The van der Waals surface area contributed by atoms with Gasteiger partial charge in [0.05, 0.1) is 11.4 Å². The molecule has 1 aliphatic heterocycles. The van der Waals surface area contributed by atoms with Crippen LogP contribution in [0.15, 0.2) is 42.6 Å². The smallest absolute Gasteiger partial charge is 0.272 e. The van der Waals surface area contributed by atoms with E-state index < -0.39 is 0 Å². The Morgan fingerprint density at radius 1 is 1.19 bits per heavy atom. The van der Waals surface area contributed by atoms with Gasteiger partial charge in [-0.3, -0.25) is 9.20 Å². The Labute approximate surface area is 162 Å². The Balaban J connectivity index is 1.56. The number of rotatable bonds is 3. The van der Waals surface area contributed by atoms with Crippen molar-refractivity contribution in [3.05, 3.63) is 64.8 Å². The topological polar surface area (TPSA) is 40.9 Å². The summed E-state index contributed by atoms with van der Waals surface area (Å²) in [5.74, 6) is -0.279. The highest BCUT2D eigenvalue weighted by atomic mass is 35.5. The predicted molar refractivity (Wildman–Crippen MR) is 104 cm³/mol. The van der Waals surface area contributed by atoms with Gasteiger partial charge in [-0.1, -0.05) is 30.7 Å².